The first-order valence-corrected chi connectivity index (χ1v) is 6.86. The number of carbonyl (C=O) groups is 1. The maximum absolute atomic E-state index is 11.4. The van der Waals surface area contributed by atoms with Crippen LogP contribution in [0, 0.1) is 0 Å². The van der Waals surface area contributed by atoms with Crippen LogP contribution >= 0.6 is 24.0 Å². The number of nitrogens with zero attached hydrogens (tertiary/aromatic N) is 2. The molecule has 0 aliphatic carbocycles. The Balaban J connectivity index is 2.04. The van der Waals surface area contributed by atoms with Gasteiger partial charge >= 0.3 is 0 Å². The quantitative estimate of drug-likeness (QED) is 0.627. The number of ether oxygens (including phenoxy) is 1. The minimum absolute atomic E-state index is 0.0767. The van der Waals surface area contributed by atoms with Gasteiger partial charge in [0.25, 0.3) is 5.91 Å². The number of hydrazone groups is 1. The summed E-state index contributed by atoms with van der Waals surface area (Å²) in [6, 6.07) is 7.49. The third kappa shape index (κ3) is 3.08. The van der Waals surface area contributed by atoms with Crippen molar-refractivity contribution in [2.75, 3.05) is 12.4 Å². The average molecular weight is 280 g/mol. The molecular formula is C12H12N2O2S2. The lowest BCUT2D eigenvalue weighted by Gasteiger charge is -2.06. The van der Waals surface area contributed by atoms with Gasteiger partial charge in [0.1, 0.15) is 5.75 Å². The van der Waals surface area contributed by atoms with E-state index in [2.05, 4.69) is 5.10 Å². The van der Waals surface area contributed by atoms with Crippen molar-refractivity contribution >= 4 is 40.4 Å². The SMILES string of the molecule is CCOc1ccc(C=NN2C(=O)CSC2=S)cc1. The molecule has 1 aromatic rings. The number of thiocarbonyl (C=S) groups is 1. The van der Waals surface area contributed by atoms with Gasteiger partial charge in [-0.2, -0.15) is 10.1 Å². The smallest absolute Gasteiger partial charge is 0.259 e. The Kier molecular flexibility index (Phi) is 4.33. The van der Waals surface area contributed by atoms with E-state index >= 15 is 0 Å². The molecule has 0 aromatic heterocycles. The number of amides is 1. The Morgan fingerprint density at radius 2 is 2.22 bits per heavy atom. The molecule has 0 bridgehead atoms. The molecule has 18 heavy (non-hydrogen) atoms. The average Bonchev–Trinajstić information content (AvgIpc) is 2.69. The summed E-state index contributed by atoms with van der Waals surface area (Å²) in [4.78, 5) is 11.4. The van der Waals surface area contributed by atoms with Crippen LogP contribution in [0.4, 0.5) is 0 Å². The van der Waals surface area contributed by atoms with Crippen molar-refractivity contribution in [3.8, 4) is 5.75 Å². The van der Waals surface area contributed by atoms with Gasteiger partial charge in [0.05, 0.1) is 18.6 Å². The van der Waals surface area contributed by atoms with Crippen LogP contribution in [0.1, 0.15) is 12.5 Å². The van der Waals surface area contributed by atoms with E-state index in [4.69, 9.17) is 17.0 Å². The van der Waals surface area contributed by atoms with Crippen LogP contribution in [0.2, 0.25) is 0 Å². The number of hydrogen-bond donors (Lipinski definition) is 0. The Morgan fingerprint density at radius 3 is 2.78 bits per heavy atom. The highest BCUT2D eigenvalue weighted by atomic mass is 32.2. The van der Waals surface area contributed by atoms with E-state index < -0.39 is 0 Å². The first-order valence-electron chi connectivity index (χ1n) is 5.47. The molecule has 1 heterocycles. The van der Waals surface area contributed by atoms with Gasteiger partial charge in [0.15, 0.2) is 4.32 Å². The molecule has 1 fully saturated rings. The monoisotopic (exact) mass is 280 g/mol. The molecule has 0 radical (unpaired) electrons. The largest absolute Gasteiger partial charge is 0.494 e. The second-order valence-corrected chi connectivity index (χ2v) is 5.12. The van der Waals surface area contributed by atoms with Crippen LogP contribution in [-0.2, 0) is 4.79 Å². The highest BCUT2D eigenvalue weighted by Crippen LogP contribution is 2.19. The van der Waals surface area contributed by atoms with Gasteiger partial charge in [-0.05, 0) is 36.8 Å². The van der Waals surface area contributed by atoms with Crippen molar-refractivity contribution in [2.24, 2.45) is 5.10 Å². The van der Waals surface area contributed by atoms with Gasteiger partial charge in [0.2, 0.25) is 0 Å². The van der Waals surface area contributed by atoms with Crippen LogP contribution in [0.3, 0.4) is 0 Å². The summed E-state index contributed by atoms with van der Waals surface area (Å²) in [6.07, 6.45) is 1.62. The highest BCUT2D eigenvalue weighted by molar-refractivity contribution is 8.23. The predicted octanol–water partition coefficient (Wildman–Crippen LogP) is 2.28. The topological polar surface area (TPSA) is 41.9 Å². The van der Waals surface area contributed by atoms with E-state index in [-0.39, 0.29) is 5.91 Å². The number of benzene rings is 1. The second-order valence-electron chi connectivity index (χ2n) is 3.51. The molecule has 6 heteroatoms. The van der Waals surface area contributed by atoms with Crippen LogP contribution in [0.25, 0.3) is 0 Å². The summed E-state index contributed by atoms with van der Waals surface area (Å²) in [5.41, 5.74) is 0.894. The number of hydrogen-bond acceptors (Lipinski definition) is 5. The lowest BCUT2D eigenvalue weighted by atomic mass is 10.2. The molecule has 0 N–H and O–H groups in total. The highest BCUT2D eigenvalue weighted by Gasteiger charge is 2.25. The van der Waals surface area contributed by atoms with E-state index in [9.17, 15) is 4.79 Å². The van der Waals surface area contributed by atoms with Crippen molar-refractivity contribution in [1.82, 2.24) is 5.01 Å². The van der Waals surface area contributed by atoms with Crippen molar-refractivity contribution in [3.05, 3.63) is 29.8 Å². The number of rotatable bonds is 4. The van der Waals surface area contributed by atoms with E-state index in [1.165, 1.54) is 16.8 Å². The zero-order chi connectivity index (χ0) is 13.0. The molecule has 0 unspecified atom stereocenters. The molecule has 4 nitrogen and oxygen atoms in total. The summed E-state index contributed by atoms with van der Waals surface area (Å²) >= 11 is 6.35. The van der Waals surface area contributed by atoms with Crippen LogP contribution in [0.5, 0.6) is 5.75 Å². The molecule has 0 spiro atoms. The maximum Gasteiger partial charge on any atom is 0.259 e. The summed E-state index contributed by atoms with van der Waals surface area (Å²) in [6.45, 7) is 2.58. The third-order valence-corrected chi connectivity index (χ3v) is 3.58. The van der Waals surface area contributed by atoms with Gasteiger partial charge in [0, 0.05) is 0 Å². The van der Waals surface area contributed by atoms with Gasteiger partial charge in [-0.3, -0.25) is 4.79 Å². The van der Waals surface area contributed by atoms with Gasteiger partial charge < -0.3 is 4.74 Å². The maximum atomic E-state index is 11.4. The standard InChI is InChI=1S/C12H12N2O2S2/c1-2-16-10-5-3-9(4-6-10)7-13-14-11(15)8-18-12(14)17/h3-7H,2,8H2,1H3. The van der Waals surface area contributed by atoms with Crippen molar-refractivity contribution in [1.29, 1.82) is 0 Å². The molecule has 1 aliphatic heterocycles. The lowest BCUT2D eigenvalue weighted by Crippen LogP contribution is -2.22. The summed E-state index contributed by atoms with van der Waals surface area (Å²) in [5.74, 6) is 1.12. The molecule has 1 amide bonds. The molecule has 1 aliphatic rings. The van der Waals surface area contributed by atoms with E-state index in [1.54, 1.807) is 6.21 Å². The van der Waals surface area contributed by atoms with Crippen molar-refractivity contribution in [2.45, 2.75) is 6.92 Å². The Morgan fingerprint density at radius 1 is 1.50 bits per heavy atom. The molecular weight excluding hydrogens is 268 g/mol. The van der Waals surface area contributed by atoms with E-state index in [0.29, 0.717) is 16.7 Å². The fraction of sp³-hybridized carbons (Fsp3) is 0.250. The lowest BCUT2D eigenvalue weighted by molar-refractivity contribution is -0.123. The normalized spacial score (nSPS) is 15.7. The van der Waals surface area contributed by atoms with E-state index in [0.717, 1.165) is 11.3 Å². The zero-order valence-corrected chi connectivity index (χ0v) is 11.5. The minimum Gasteiger partial charge on any atom is -0.494 e. The fourth-order valence-electron chi connectivity index (χ4n) is 1.40. The Hall–Kier alpha value is -1.40. The number of thioether (sulfide) groups is 1. The molecule has 1 aromatic carbocycles. The van der Waals surface area contributed by atoms with Crippen molar-refractivity contribution < 1.29 is 9.53 Å². The van der Waals surface area contributed by atoms with Crippen LogP contribution in [-0.4, -0.2) is 33.8 Å². The fourth-order valence-corrected chi connectivity index (χ4v) is 2.37. The summed E-state index contributed by atoms with van der Waals surface area (Å²) in [7, 11) is 0. The molecule has 2 rings (SSSR count). The number of carbonyl (C=O) groups excluding carboxylic acids is 1. The summed E-state index contributed by atoms with van der Waals surface area (Å²) in [5, 5.41) is 5.35. The molecule has 1 saturated heterocycles. The first kappa shape index (κ1) is 13.0. The third-order valence-electron chi connectivity index (χ3n) is 2.24. The first-order chi connectivity index (χ1) is 8.70. The summed E-state index contributed by atoms with van der Waals surface area (Å²) < 4.78 is 5.84. The van der Waals surface area contributed by atoms with E-state index in [1.807, 2.05) is 31.2 Å². The minimum atomic E-state index is -0.0767. The van der Waals surface area contributed by atoms with Crippen molar-refractivity contribution in [3.63, 3.8) is 0 Å². The van der Waals surface area contributed by atoms with Crippen LogP contribution < -0.4 is 4.74 Å². The molecule has 0 saturated carbocycles. The van der Waals surface area contributed by atoms with Gasteiger partial charge in [-0.1, -0.05) is 24.0 Å². The predicted molar refractivity (Wildman–Crippen MR) is 77.1 cm³/mol. The van der Waals surface area contributed by atoms with Gasteiger partial charge in [-0.25, -0.2) is 0 Å². The second kappa shape index (κ2) is 5.97. The zero-order valence-electron chi connectivity index (χ0n) is 9.83. The van der Waals surface area contributed by atoms with Crippen LogP contribution in [0.15, 0.2) is 29.4 Å². The Bertz CT molecular complexity index is 469. The Labute approximate surface area is 115 Å². The molecule has 0 atom stereocenters. The van der Waals surface area contributed by atoms with Gasteiger partial charge in [-0.15, -0.1) is 0 Å². The molecule has 94 valence electrons.